The number of hydrogen-bond acceptors (Lipinski definition) is 9. The van der Waals surface area contributed by atoms with Gasteiger partial charge in [-0.15, -0.1) is 0 Å². The SMILES string of the molecule is C[n+]1c(-c2ccc(/C=N\NC(=O)c3ccc(C(=O)N/N=C/c4ccc(-c5cn6ccsc6[n+]5C)cc4)cc3)cc2)cn2ccsc21.Cc1ccc(S(=O)(=O)[O-])cc1. The number of benzene rings is 4. The molecule has 0 saturated heterocycles. The normalized spacial score (nSPS) is 11.6. The summed E-state index contributed by atoms with van der Waals surface area (Å²) in [5, 5.41) is 12.3. The van der Waals surface area contributed by atoms with Crippen molar-refractivity contribution in [2.45, 2.75) is 11.8 Å². The number of nitrogens with one attached hydrogen (secondary N) is 2. The zero-order valence-electron chi connectivity index (χ0n) is 30.8. The third-order valence-electron chi connectivity index (χ3n) is 8.94. The summed E-state index contributed by atoms with van der Waals surface area (Å²) in [5.74, 6) is -0.757. The fourth-order valence-electron chi connectivity index (χ4n) is 5.86. The Morgan fingerprint density at radius 2 is 1.05 bits per heavy atom. The van der Waals surface area contributed by atoms with Gasteiger partial charge in [-0.2, -0.15) is 19.0 Å². The zero-order chi connectivity index (χ0) is 40.1. The Hall–Kier alpha value is -6.59. The molecule has 8 aromatic rings. The Kier molecular flexibility index (Phi) is 11.3. The van der Waals surface area contributed by atoms with E-state index in [4.69, 9.17) is 0 Å². The van der Waals surface area contributed by atoms with Crippen LogP contribution in [-0.2, 0) is 24.2 Å². The van der Waals surface area contributed by atoms with E-state index in [1.165, 1.54) is 12.1 Å². The summed E-state index contributed by atoms with van der Waals surface area (Å²) in [6.07, 6.45) is 11.5. The predicted molar refractivity (Wildman–Crippen MR) is 219 cm³/mol. The van der Waals surface area contributed by atoms with Crippen LogP contribution in [0.2, 0.25) is 0 Å². The van der Waals surface area contributed by atoms with Crippen molar-refractivity contribution < 1.29 is 31.7 Å². The van der Waals surface area contributed by atoms with E-state index < -0.39 is 10.1 Å². The summed E-state index contributed by atoms with van der Waals surface area (Å²) in [5.41, 5.74) is 12.9. The number of rotatable bonds is 9. The average molecular weight is 816 g/mol. The molecule has 4 aromatic heterocycles. The van der Waals surface area contributed by atoms with Gasteiger partial charge in [0.2, 0.25) is 0 Å². The smallest absolute Gasteiger partial charge is 0.345 e. The second-order valence-corrected chi connectivity index (χ2v) is 15.9. The maximum absolute atomic E-state index is 12.6. The minimum atomic E-state index is -4.27. The summed E-state index contributed by atoms with van der Waals surface area (Å²) in [4.78, 5) is 27.3. The lowest BCUT2D eigenvalue weighted by Crippen LogP contribution is -2.28. The average Bonchev–Trinajstić information content (AvgIpc) is 4.00. The van der Waals surface area contributed by atoms with Crippen molar-refractivity contribution in [1.29, 1.82) is 0 Å². The molecule has 4 aromatic carbocycles. The third kappa shape index (κ3) is 8.95. The zero-order valence-corrected chi connectivity index (χ0v) is 33.3. The molecule has 2 amide bonds. The van der Waals surface area contributed by atoms with E-state index in [9.17, 15) is 22.6 Å². The highest BCUT2D eigenvalue weighted by Crippen LogP contribution is 2.21. The first kappa shape index (κ1) is 38.7. The van der Waals surface area contributed by atoms with Crippen LogP contribution >= 0.6 is 22.7 Å². The Labute approximate surface area is 335 Å². The molecular formula is C41H35N8O5S3+. The number of carbonyl (C=O) groups excluding carboxylic acids is 2. The summed E-state index contributed by atoms with van der Waals surface area (Å²) >= 11 is 3.38. The second-order valence-electron chi connectivity index (χ2n) is 12.8. The van der Waals surface area contributed by atoms with E-state index in [-0.39, 0.29) is 16.7 Å². The summed E-state index contributed by atoms with van der Waals surface area (Å²) in [7, 11) is -0.172. The molecule has 13 nitrogen and oxygen atoms in total. The van der Waals surface area contributed by atoms with Gasteiger partial charge in [-0.05, 0) is 78.7 Å². The highest BCUT2D eigenvalue weighted by molar-refractivity contribution is 7.85. The van der Waals surface area contributed by atoms with Crippen molar-refractivity contribution >= 4 is 67.0 Å². The van der Waals surface area contributed by atoms with Crippen molar-refractivity contribution in [1.82, 2.24) is 19.7 Å². The standard InChI is InChI=1S/C34H26N8O2S2.C7H8O3S/c1-39-29(21-41-15-17-45-33(39)41)25-7-3-23(4-8-25)19-35-37-31(43)27-11-13-28(14-12-27)32(44)38-36-20-24-5-9-26(10-6-24)30-22-42-16-18-46-34(42)40(30)2;1-6-2-4-7(5-3-6)11(8,9)10/h3-22H,1-2H3;2-5H,1H3,(H,8,9,10)/p+1/b35-19-,36-20+;. The fourth-order valence-corrected chi connectivity index (χ4v) is 7.94. The van der Waals surface area contributed by atoms with Gasteiger partial charge in [0.1, 0.15) is 34.9 Å². The number of aryl methyl sites for hydroxylation is 3. The fraction of sp³-hybridized carbons (Fsp3) is 0.0732. The van der Waals surface area contributed by atoms with Crippen LogP contribution < -0.4 is 20.0 Å². The molecule has 0 radical (unpaired) electrons. The molecule has 0 atom stereocenters. The molecule has 0 aliphatic rings. The van der Waals surface area contributed by atoms with E-state index in [0.717, 1.165) is 49.1 Å². The van der Waals surface area contributed by atoms with E-state index in [2.05, 4.69) is 62.1 Å². The number of hydrogen-bond donors (Lipinski definition) is 2. The van der Waals surface area contributed by atoms with E-state index in [1.807, 2.05) is 81.9 Å². The highest BCUT2D eigenvalue weighted by Gasteiger charge is 2.18. The molecule has 0 saturated carbocycles. The van der Waals surface area contributed by atoms with Gasteiger partial charge in [0.25, 0.3) is 11.8 Å². The van der Waals surface area contributed by atoms with Crippen molar-refractivity contribution in [3.05, 3.63) is 160 Å². The van der Waals surface area contributed by atoms with Crippen molar-refractivity contribution in [2.24, 2.45) is 24.3 Å². The van der Waals surface area contributed by atoms with Gasteiger partial charge in [0.05, 0.1) is 31.4 Å². The molecule has 8 rings (SSSR count). The molecule has 57 heavy (non-hydrogen) atoms. The quantitative estimate of drug-likeness (QED) is 0.0825. The van der Waals surface area contributed by atoms with Crippen LogP contribution in [0.1, 0.15) is 37.4 Å². The lowest BCUT2D eigenvalue weighted by molar-refractivity contribution is -0.631. The maximum Gasteiger partial charge on any atom is 0.345 e. The first-order chi connectivity index (χ1) is 27.4. The third-order valence-corrected chi connectivity index (χ3v) is 11.7. The molecule has 4 heterocycles. The van der Waals surface area contributed by atoms with Crippen LogP contribution in [0.4, 0.5) is 0 Å². The number of aromatic nitrogens is 4. The number of hydrazone groups is 2. The van der Waals surface area contributed by atoms with Gasteiger partial charge < -0.3 is 4.55 Å². The van der Waals surface area contributed by atoms with Gasteiger partial charge in [-0.25, -0.2) is 28.4 Å². The summed E-state index contributed by atoms with van der Waals surface area (Å²) in [6, 6.07) is 28.0. The van der Waals surface area contributed by atoms with Crippen LogP contribution in [0, 0.1) is 6.92 Å². The molecule has 0 unspecified atom stereocenters. The lowest BCUT2D eigenvalue weighted by Gasteiger charge is -2.05. The van der Waals surface area contributed by atoms with E-state index in [1.54, 1.807) is 71.5 Å². The molecule has 2 N–H and O–H groups in total. The Balaban J connectivity index is 0.000000391. The predicted octanol–water partition coefficient (Wildman–Crippen LogP) is 5.72. The molecule has 0 bridgehead atoms. The van der Waals surface area contributed by atoms with Crippen LogP contribution in [0.3, 0.4) is 0 Å². The number of carbonyl (C=O) groups is 2. The Bertz CT molecular complexity index is 2710. The monoisotopic (exact) mass is 815 g/mol. The molecule has 0 fully saturated rings. The molecule has 0 aliphatic carbocycles. The molecule has 16 heteroatoms. The minimum Gasteiger partial charge on any atom is -0.744 e. The van der Waals surface area contributed by atoms with Crippen molar-refractivity contribution in [3.8, 4) is 22.5 Å². The number of imidazole rings is 2. The molecule has 0 aliphatic heterocycles. The van der Waals surface area contributed by atoms with Crippen molar-refractivity contribution in [2.75, 3.05) is 0 Å². The maximum atomic E-state index is 12.6. The van der Waals surface area contributed by atoms with E-state index in [0.29, 0.717) is 11.1 Å². The Morgan fingerprint density at radius 1 is 0.649 bits per heavy atom. The number of fused-ring (bicyclic) bond motifs is 2. The summed E-state index contributed by atoms with van der Waals surface area (Å²) in [6.45, 7) is 1.82. The second kappa shape index (κ2) is 16.6. The van der Waals surface area contributed by atoms with Crippen molar-refractivity contribution in [3.63, 3.8) is 0 Å². The van der Waals surface area contributed by atoms with E-state index >= 15 is 0 Å². The first-order valence-corrected chi connectivity index (χ1v) is 20.5. The van der Waals surface area contributed by atoms with Gasteiger partial charge >= 0.3 is 9.92 Å². The first-order valence-electron chi connectivity index (χ1n) is 17.3. The van der Waals surface area contributed by atoms with Gasteiger partial charge in [-0.1, -0.05) is 64.6 Å². The summed E-state index contributed by atoms with van der Waals surface area (Å²) < 4.78 is 39.7. The van der Waals surface area contributed by atoms with Crippen LogP contribution in [0.25, 0.3) is 32.4 Å². The highest BCUT2D eigenvalue weighted by atomic mass is 32.2. The molecule has 286 valence electrons. The number of thiazole rings is 2. The van der Waals surface area contributed by atoms with Crippen LogP contribution in [0.5, 0.6) is 0 Å². The number of amides is 2. The minimum absolute atomic E-state index is 0.178. The van der Waals surface area contributed by atoms with Gasteiger partial charge in [0.15, 0.2) is 11.4 Å². The van der Waals surface area contributed by atoms with Crippen LogP contribution in [0.15, 0.2) is 148 Å². The van der Waals surface area contributed by atoms with Gasteiger partial charge in [-0.3, -0.25) is 9.59 Å². The Morgan fingerprint density at radius 3 is 1.42 bits per heavy atom. The van der Waals surface area contributed by atoms with Crippen LogP contribution in [-0.4, -0.2) is 46.0 Å². The number of nitrogens with zero attached hydrogens (tertiary/aromatic N) is 6. The topological polar surface area (TPSA) is 157 Å². The molecule has 0 spiro atoms. The lowest BCUT2D eigenvalue weighted by atomic mass is 10.1. The van der Waals surface area contributed by atoms with Gasteiger partial charge in [0, 0.05) is 33.0 Å². The largest absolute Gasteiger partial charge is 0.744 e. The molecular weight excluding hydrogens is 781 g/mol.